The predicted molar refractivity (Wildman–Crippen MR) is 98.5 cm³/mol. The Labute approximate surface area is 159 Å². The number of carboxylic acid groups (broad SMARTS) is 1. The highest BCUT2D eigenvalue weighted by atomic mass is 16.5. The van der Waals surface area contributed by atoms with Crippen molar-refractivity contribution >= 4 is 12.4 Å². The molecular formula is C18H28N2O7. The first-order valence-corrected chi connectivity index (χ1v) is 8.50. The van der Waals surface area contributed by atoms with E-state index in [0.29, 0.717) is 49.9 Å². The molecule has 1 atom stereocenters. The molecule has 27 heavy (non-hydrogen) atoms. The molecule has 1 amide bonds. The first-order chi connectivity index (χ1) is 13.0. The van der Waals surface area contributed by atoms with Crippen LogP contribution in [0.3, 0.4) is 0 Å². The number of morpholine rings is 1. The first kappa shape index (κ1) is 22.7. The van der Waals surface area contributed by atoms with Gasteiger partial charge in [-0.3, -0.25) is 9.59 Å². The van der Waals surface area contributed by atoms with Crippen LogP contribution in [0.5, 0.6) is 11.5 Å². The Kier molecular flexibility index (Phi) is 10.2. The number of benzene rings is 1. The van der Waals surface area contributed by atoms with E-state index in [4.69, 9.17) is 29.2 Å². The van der Waals surface area contributed by atoms with Gasteiger partial charge >= 0.3 is 0 Å². The van der Waals surface area contributed by atoms with Crippen molar-refractivity contribution in [1.82, 2.24) is 9.80 Å². The van der Waals surface area contributed by atoms with Gasteiger partial charge in [-0.1, -0.05) is 0 Å². The number of aliphatic hydroxyl groups excluding tert-OH is 1. The van der Waals surface area contributed by atoms with Gasteiger partial charge < -0.3 is 34.2 Å². The minimum absolute atomic E-state index is 0.0455. The normalized spacial score (nSPS) is 16.3. The number of aliphatic hydroxyl groups is 1. The lowest BCUT2D eigenvalue weighted by Gasteiger charge is -2.37. The van der Waals surface area contributed by atoms with E-state index in [1.54, 1.807) is 32.4 Å². The standard InChI is InChI=1S/C17H26N2O5.CH2O2/c1-18(6-8-20)11-14-12-24-9-7-19(14)17(21)13-4-5-15(22-2)16(10-13)23-3;2-1-3/h4-5,10,14,20H,6-9,11-12H2,1-3H3;1H,(H,2,3). The third kappa shape index (κ3) is 6.70. The number of amides is 1. The van der Waals surface area contributed by atoms with Gasteiger partial charge in [-0.15, -0.1) is 0 Å². The van der Waals surface area contributed by atoms with E-state index in [-0.39, 0.29) is 25.0 Å². The molecular weight excluding hydrogens is 356 g/mol. The van der Waals surface area contributed by atoms with E-state index in [1.807, 2.05) is 16.8 Å². The van der Waals surface area contributed by atoms with Crippen LogP contribution in [-0.2, 0) is 9.53 Å². The summed E-state index contributed by atoms with van der Waals surface area (Å²) in [6.07, 6.45) is 0. The Hall–Kier alpha value is -2.36. The summed E-state index contributed by atoms with van der Waals surface area (Å²) >= 11 is 0. The van der Waals surface area contributed by atoms with Gasteiger partial charge in [0.15, 0.2) is 11.5 Å². The van der Waals surface area contributed by atoms with Crippen LogP contribution < -0.4 is 9.47 Å². The molecule has 1 aromatic carbocycles. The summed E-state index contributed by atoms with van der Waals surface area (Å²) < 4.78 is 16.0. The average Bonchev–Trinajstić information content (AvgIpc) is 2.68. The molecule has 1 saturated heterocycles. The number of carbonyl (C=O) groups is 2. The molecule has 1 heterocycles. The van der Waals surface area contributed by atoms with Crippen LogP contribution in [0.1, 0.15) is 10.4 Å². The van der Waals surface area contributed by atoms with Crippen molar-refractivity contribution in [3.63, 3.8) is 0 Å². The zero-order chi connectivity index (χ0) is 20.2. The molecule has 1 aliphatic rings. The molecule has 152 valence electrons. The summed E-state index contributed by atoms with van der Waals surface area (Å²) in [6.45, 7) is 2.63. The van der Waals surface area contributed by atoms with Gasteiger partial charge in [-0.05, 0) is 25.2 Å². The summed E-state index contributed by atoms with van der Waals surface area (Å²) in [6, 6.07) is 5.13. The molecule has 0 aliphatic carbocycles. The van der Waals surface area contributed by atoms with Crippen molar-refractivity contribution in [2.75, 3.05) is 60.7 Å². The Balaban J connectivity index is 0.00000114. The van der Waals surface area contributed by atoms with Crippen LogP contribution in [0, 0.1) is 0 Å². The topological polar surface area (TPSA) is 109 Å². The molecule has 1 unspecified atom stereocenters. The van der Waals surface area contributed by atoms with E-state index in [0.717, 1.165) is 0 Å². The van der Waals surface area contributed by atoms with E-state index in [2.05, 4.69) is 0 Å². The van der Waals surface area contributed by atoms with Crippen molar-refractivity contribution in [3.8, 4) is 11.5 Å². The highest BCUT2D eigenvalue weighted by molar-refractivity contribution is 5.95. The van der Waals surface area contributed by atoms with Gasteiger partial charge in [0.25, 0.3) is 12.4 Å². The fourth-order valence-corrected chi connectivity index (χ4v) is 2.83. The molecule has 0 spiro atoms. The highest BCUT2D eigenvalue weighted by Gasteiger charge is 2.29. The van der Waals surface area contributed by atoms with E-state index in [1.165, 1.54) is 0 Å². The van der Waals surface area contributed by atoms with Crippen LogP contribution in [0.15, 0.2) is 18.2 Å². The van der Waals surface area contributed by atoms with Gasteiger partial charge in [0.2, 0.25) is 0 Å². The quantitative estimate of drug-likeness (QED) is 0.641. The number of hydrogen-bond acceptors (Lipinski definition) is 7. The van der Waals surface area contributed by atoms with Gasteiger partial charge in [-0.2, -0.15) is 0 Å². The lowest BCUT2D eigenvalue weighted by atomic mass is 10.1. The zero-order valence-corrected chi connectivity index (χ0v) is 16.0. The Bertz CT molecular complexity index is 597. The lowest BCUT2D eigenvalue weighted by Crippen LogP contribution is -2.53. The number of methoxy groups -OCH3 is 2. The Morgan fingerprint density at radius 3 is 2.63 bits per heavy atom. The summed E-state index contributed by atoms with van der Waals surface area (Å²) in [5, 5.41) is 15.9. The molecule has 0 bridgehead atoms. The number of ether oxygens (including phenoxy) is 3. The minimum atomic E-state index is -0.250. The molecule has 9 nitrogen and oxygen atoms in total. The summed E-state index contributed by atoms with van der Waals surface area (Å²) in [7, 11) is 5.03. The second-order valence-corrected chi connectivity index (χ2v) is 5.89. The molecule has 1 aromatic rings. The fourth-order valence-electron chi connectivity index (χ4n) is 2.83. The fraction of sp³-hybridized carbons (Fsp3) is 0.556. The molecule has 2 rings (SSSR count). The smallest absolute Gasteiger partial charge is 0.290 e. The number of carbonyl (C=O) groups excluding carboxylic acids is 1. The SMILES string of the molecule is COc1ccc(C(=O)N2CCOCC2CN(C)CCO)cc1OC.O=CO. The predicted octanol–water partition coefficient (Wildman–Crippen LogP) is 0.170. The van der Waals surface area contributed by atoms with Crippen molar-refractivity contribution in [1.29, 1.82) is 0 Å². The van der Waals surface area contributed by atoms with E-state index in [9.17, 15) is 4.79 Å². The lowest BCUT2D eigenvalue weighted by molar-refractivity contribution is -0.122. The first-order valence-electron chi connectivity index (χ1n) is 8.50. The maximum atomic E-state index is 12.9. The molecule has 0 aromatic heterocycles. The third-order valence-electron chi connectivity index (χ3n) is 4.12. The number of hydrogen-bond donors (Lipinski definition) is 2. The van der Waals surface area contributed by atoms with Crippen LogP contribution in [0.2, 0.25) is 0 Å². The van der Waals surface area contributed by atoms with Crippen LogP contribution in [-0.4, -0.2) is 99.2 Å². The monoisotopic (exact) mass is 384 g/mol. The highest BCUT2D eigenvalue weighted by Crippen LogP contribution is 2.28. The van der Waals surface area contributed by atoms with Crippen LogP contribution >= 0.6 is 0 Å². The summed E-state index contributed by atoms with van der Waals surface area (Å²) in [4.78, 5) is 25.1. The molecule has 1 aliphatic heterocycles. The van der Waals surface area contributed by atoms with Gasteiger partial charge in [0, 0.05) is 25.2 Å². The maximum absolute atomic E-state index is 12.9. The second-order valence-electron chi connectivity index (χ2n) is 5.89. The largest absolute Gasteiger partial charge is 0.493 e. The number of rotatable bonds is 7. The number of nitrogens with zero attached hydrogens (tertiary/aromatic N) is 2. The molecule has 0 radical (unpaired) electrons. The number of likely N-dealkylation sites (N-methyl/N-ethyl adjacent to an activating group) is 1. The van der Waals surface area contributed by atoms with Crippen molar-refractivity contribution in [3.05, 3.63) is 23.8 Å². The Morgan fingerprint density at radius 1 is 1.37 bits per heavy atom. The van der Waals surface area contributed by atoms with Crippen molar-refractivity contribution in [2.45, 2.75) is 6.04 Å². The van der Waals surface area contributed by atoms with Crippen molar-refractivity contribution in [2.24, 2.45) is 0 Å². The molecule has 9 heteroatoms. The van der Waals surface area contributed by atoms with Gasteiger partial charge in [0.05, 0.1) is 40.1 Å². The average molecular weight is 384 g/mol. The molecule has 1 fully saturated rings. The summed E-state index contributed by atoms with van der Waals surface area (Å²) in [5.41, 5.74) is 0.560. The van der Waals surface area contributed by atoms with Crippen molar-refractivity contribution < 1.29 is 34.0 Å². The zero-order valence-electron chi connectivity index (χ0n) is 16.0. The molecule has 2 N–H and O–H groups in total. The third-order valence-corrected chi connectivity index (χ3v) is 4.12. The van der Waals surface area contributed by atoms with Crippen LogP contribution in [0.4, 0.5) is 0 Å². The Morgan fingerprint density at radius 2 is 2.04 bits per heavy atom. The van der Waals surface area contributed by atoms with Crippen LogP contribution in [0.25, 0.3) is 0 Å². The second kappa shape index (κ2) is 12.1. The van der Waals surface area contributed by atoms with E-state index >= 15 is 0 Å². The van der Waals surface area contributed by atoms with Gasteiger partial charge in [0.1, 0.15) is 0 Å². The minimum Gasteiger partial charge on any atom is -0.493 e. The van der Waals surface area contributed by atoms with E-state index < -0.39 is 0 Å². The maximum Gasteiger partial charge on any atom is 0.290 e. The van der Waals surface area contributed by atoms with Gasteiger partial charge in [-0.25, -0.2) is 0 Å². The molecule has 0 saturated carbocycles. The summed E-state index contributed by atoms with van der Waals surface area (Å²) in [5.74, 6) is 1.07.